The van der Waals surface area contributed by atoms with Gasteiger partial charge in [0.25, 0.3) is 0 Å². The fraction of sp³-hybridized carbons (Fsp3) is 0.235. The van der Waals surface area contributed by atoms with Crippen LogP contribution in [0, 0.1) is 13.8 Å². The standard InChI is InChI=1S/C17H18N4O/c1-13-4-3-5-14(2)16(13)22-11-10-21-9-8-20-17(21)15-12-18-6-7-19-15/h3-9,12H,10-11H2,1-2H3. The Kier molecular flexibility index (Phi) is 4.14. The molecule has 0 bridgehead atoms. The summed E-state index contributed by atoms with van der Waals surface area (Å²) in [6.07, 6.45) is 8.73. The average molecular weight is 294 g/mol. The predicted molar refractivity (Wildman–Crippen MR) is 84.7 cm³/mol. The summed E-state index contributed by atoms with van der Waals surface area (Å²) < 4.78 is 7.97. The second-order valence-corrected chi connectivity index (χ2v) is 5.10. The van der Waals surface area contributed by atoms with Crippen LogP contribution in [0.2, 0.25) is 0 Å². The first-order valence-corrected chi connectivity index (χ1v) is 7.22. The Morgan fingerprint density at radius 2 is 1.86 bits per heavy atom. The van der Waals surface area contributed by atoms with E-state index >= 15 is 0 Å². The van der Waals surface area contributed by atoms with Crippen LogP contribution >= 0.6 is 0 Å². The van der Waals surface area contributed by atoms with Crippen molar-refractivity contribution in [1.29, 1.82) is 0 Å². The van der Waals surface area contributed by atoms with E-state index < -0.39 is 0 Å². The lowest BCUT2D eigenvalue weighted by atomic mass is 10.1. The second-order valence-electron chi connectivity index (χ2n) is 5.10. The molecule has 0 saturated heterocycles. The molecule has 0 unspecified atom stereocenters. The maximum Gasteiger partial charge on any atom is 0.160 e. The molecule has 0 saturated carbocycles. The molecule has 1 aromatic carbocycles. The summed E-state index contributed by atoms with van der Waals surface area (Å²) in [6.45, 7) is 5.41. The fourth-order valence-electron chi connectivity index (χ4n) is 2.41. The molecule has 0 fully saturated rings. The Labute approximate surface area is 129 Å². The average Bonchev–Trinajstić information content (AvgIpc) is 2.99. The van der Waals surface area contributed by atoms with E-state index in [9.17, 15) is 0 Å². The molecule has 0 N–H and O–H groups in total. The van der Waals surface area contributed by atoms with Crippen molar-refractivity contribution < 1.29 is 4.74 Å². The molecule has 0 amide bonds. The summed E-state index contributed by atoms with van der Waals surface area (Å²) in [5.74, 6) is 1.77. The van der Waals surface area contributed by atoms with Crippen LogP contribution in [0.4, 0.5) is 0 Å². The number of para-hydroxylation sites is 1. The molecule has 3 aromatic rings. The van der Waals surface area contributed by atoms with Crippen LogP contribution in [0.3, 0.4) is 0 Å². The van der Waals surface area contributed by atoms with Gasteiger partial charge in [-0.05, 0) is 25.0 Å². The zero-order valence-corrected chi connectivity index (χ0v) is 12.7. The van der Waals surface area contributed by atoms with Crippen molar-refractivity contribution in [3.8, 4) is 17.3 Å². The molecule has 0 spiro atoms. The number of nitrogens with zero attached hydrogens (tertiary/aromatic N) is 4. The van der Waals surface area contributed by atoms with E-state index in [2.05, 4.69) is 40.9 Å². The quantitative estimate of drug-likeness (QED) is 0.726. The Hall–Kier alpha value is -2.69. The first-order chi connectivity index (χ1) is 10.8. The van der Waals surface area contributed by atoms with Crippen LogP contribution < -0.4 is 4.74 Å². The number of aryl methyl sites for hydroxylation is 2. The van der Waals surface area contributed by atoms with Gasteiger partial charge in [-0.1, -0.05) is 18.2 Å². The summed E-state index contributed by atoms with van der Waals surface area (Å²) in [5, 5.41) is 0. The number of hydrogen-bond acceptors (Lipinski definition) is 4. The van der Waals surface area contributed by atoms with E-state index in [1.165, 1.54) is 0 Å². The highest BCUT2D eigenvalue weighted by atomic mass is 16.5. The fourth-order valence-corrected chi connectivity index (χ4v) is 2.41. The molecule has 0 aliphatic rings. The van der Waals surface area contributed by atoms with Gasteiger partial charge in [-0.2, -0.15) is 0 Å². The van der Waals surface area contributed by atoms with Gasteiger partial charge in [0.2, 0.25) is 0 Å². The number of rotatable bonds is 5. The number of benzene rings is 1. The maximum atomic E-state index is 5.95. The maximum absolute atomic E-state index is 5.95. The SMILES string of the molecule is Cc1cccc(C)c1OCCn1ccnc1-c1cnccn1. The molecule has 5 heteroatoms. The topological polar surface area (TPSA) is 52.8 Å². The van der Waals surface area contributed by atoms with Gasteiger partial charge in [-0.3, -0.25) is 4.98 Å². The minimum absolute atomic E-state index is 0.579. The number of imidazole rings is 1. The molecular formula is C17H18N4O. The second kappa shape index (κ2) is 6.39. The Morgan fingerprint density at radius 3 is 2.59 bits per heavy atom. The van der Waals surface area contributed by atoms with E-state index in [0.717, 1.165) is 28.4 Å². The van der Waals surface area contributed by atoms with E-state index in [1.54, 1.807) is 24.8 Å². The number of ether oxygens (including phenoxy) is 1. The van der Waals surface area contributed by atoms with Gasteiger partial charge in [0.05, 0.1) is 12.7 Å². The van der Waals surface area contributed by atoms with E-state index in [-0.39, 0.29) is 0 Å². The van der Waals surface area contributed by atoms with Crippen LogP contribution in [0.25, 0.3) is 11.5 Å². The molecule has 2 heterocycles. The molecule has 22 heavy (non-hydrogen) atoms. The minimum atomic E-state index is 0.579. The van der Waals surface area contributed by atoms with Crippen molar-refractivity contribution in [2.45, 2.75) is 20.4 Å². The molecule has 0 radical (unpaired) electrons. The van der Waals surface area contributed by atoms with Gasteiger partial charge in [0, 0.05) is 24.8 Å². The van der Waals surface area contributed by atoms with Crippen LogP contribution in [-0.2, 0) is 6.54 Å². The normalized spacial score (nSPS) is 10.6. The van der Waals surface area contributed by atoms with Crippen LogP contribution in [0.1, 0.15) is 11.1 Å². The summed E-state index contributed by atoms with van der Waals surface area (Å²) in [7, 11) is 0. The third-order valence-corrected chi connectivity index (χ3v) is 3.50. The molecule has 0 aliphatic heterocycles. The molecule has 2 aromatic heterocycles. The lowest BCUT2D eigenvalue weighted by Crippen LogP contribution is -2.10. The van der Waals surface area contributed by atoms with Crippen molar-refractivity contribution in [1.82, 2.24) is 19.5 Å². The van der Waals surface area contributed by atoms with Gasteiger partial charge in [0.15, 0.2) is 5.82 Å². The Morgan fingerprint density at radius 1 is 1.05 bits per heavy atom. The zero-order valence-electron chi connectivity index (χ0n) is 12.7. The van der Waals surface area contributed by atoms with Crippen molar-refractivity contribution >= 4 is 0 Å². The predicted octanol–water partition coefficient (Wildman–Crippen LogP) is 3.04. The first-order valence-electron chi connectivity index (χ1n) is 7.22. The number of aromatic nitrogens is 4. The molecule has 3 rings (SSSR count). The van der Waals surface area contributed by atoms with Gasteiger partial charge in [0.1, 0.15) is 18.1 Å². The molecular weight excluding hydrogens is 276 g/mol. The lowest BCUT2D eigenvalue weighted by Gasteiger charge is -2.13. The third kappa shape index (κ3) is 2.98. The van der Waals surface area contributed by atoms with Crippen LogP contribution in [0.15, 0.2) is 49.2 Å². The molecule has 0 aliphatic carbocycles. The zero-order chi connectivity index (χ0) is 15.4. The summed E-state index contributed by atoms with van der Waals surface area (Å²) in [5.41, 5.74) is 3.07. The summed E-state index contributed by atoms with van der Waals surface area (Å²) in [6, 6.07) is 6.16. The van der Waals surface area contributed by atoms with Crippen molar-refractivity contribution in [2.24, 2.45) is 0 Å². The van der Waals surface area contributed by atoms with Crippen LogP contribution in [-0.4, -0.2) is 26.1 Å². The lowest BCUT2D eigenvalue weighted by molar-refractivity contribution is 0.295. The third-order valence-electron chi connectivity index (χ3n) is 3.50. The summed E-state index contributed by atoms with van der Waals surface area (Å²) >= 11 is 0. The Balaban J connectivity index is 1.70. The smallest absolute Gasteiger partial charge is 0.160 e. The molecule has 112 valence electrons. The van der Waals surface area contributed by atoms with E-state index in [4.69, 9.17) is 4.74 Å². The Bertz CT molecular complexity index is 732. The van der Waals surface area contributed by atoms with Gasteiger partial charge in [-0.15, -0.1) is 0 Å². The number of hydrogen-bond donors (Lipinski definition) is 0. The highest BCUT2D eigenvalue weighted by Gasteiger charge is 2.08. The first kappa shape index (κ1) is 14.3. The van der Waals surface area contributed by atoms with Crippen molar-refractivity contribution in [3.63, 3.8) is 0 Å². The largest absolute Gasteiger partial charge is 0.491 e. The molecule has 5 nitrogen and oxygen atoms in total. The van der Waals surface area contributed by atoms with E-state index in [0.29, 0.717) is 13.2 Å². The van der Waals surface area contributed by atoms with Crippen molar-refractivity contribution in [2.75, 3.05) is 6.61 Å². The van der Waals surface area contributed by atoms with Crippen LogP contribution in [0.5, 0.6) is 5.75 Å². The highest BCUT2D eigenvalue weighted by molar-refractivity contribution is 5.47. The van der Waals surface area contributed by atoms with Gasteiger partial charge < -0.3 is 9.30 Å². The molecule has 0 atom stereocenters. The highest BCUT2D eigenvalue weighted by Crippen LogP contribution is 2.22. The van der Waals surface area contributed by atoms with Crippen molar-refractivity contribution in [3.05, 3.63) is 60.3 Å². The van der Waals surface area contributed by atoms with E-state index in [1.807, 2.05) is 16.8 Å². The summed E-state index contributed by atoms with van der Waals surface area (Å²) in [4.78, 5) is 12.7. The minimum Gasteiger partial charge on any atom is -0.491 e. The monoisotopic (exact) mass is 294 g/mol. The van der Waals surface area contributed by atoms with Gasteiger partial charge >= 0.3 is 0 Å². The van der Waals surface area contributed by atoms with Gasteiger partial charge in [-0.25, -0.2) is 9.97 Å².